The van der Waals surface area contributed by atoms with Gasteiger partial charge in [-0.2, -0.15) is 0 Å². The number of nitrogens with one attached hydrogen (secondary N) is 1. The molecule has 0 aromatic heterocycles. The van der Waals surface area contributed by atoms with Crippen LogP contribution in [0, 0.1) is 17.3 Å². The van der Waals surface area contributed by atoms with Gasteiger partial charge in [0.1, 0.15) is 6.61 Å². The molecule has 0 bridgehead atoms. The van der Waals surface area contributed by atoms with E-state index >= 15 is 0 Å². The maximum Gasteiger partial charge on any atom is 0.410 e. The zero-order chi connectivity index (χ0) is 22.5. The minimum atomic E-state index is -1.21. The highest BCUT2D eigenvalue weighted by Gasteiger charge is 2.49. The van der Waals surface area contributed by atoms with Gasteiger partial charge in [-0.15, -0.1) is 0 Å². The van der Waals surface area contributed by atoms with E-state index in [2.05, 4.69) is 45.8 Å². The number of nitrogens with zero attached hydrogens (tertiary/aromatic N) is 1. The molecule has 8 heteroatoms. The van der Waals surface area contributed by atoms with Crippen molar-refractivity contribution < 1.29 is 23.5 Å². The Kier molecular flexibility index (Phi) is 8.67. The molecule has 1 unspecified atom stereocenters. The molecule has 0 aromatic carbocycles. The number of hydrogen-bond donors (Lipinski definition) is 1. The Bertz CT molecular complexity index is 646. The summed E-state index contributed by atoms with van der Waals surface area (Å²) in [4.78, 5) is 39.5. The van der Waals surface area contributed by atoms with Crippen LogP contribution >= 0.6 is 0 Å². The van der Waals surface area contributed by atoms with Gasteiger partial charge in [-0.3, -0.25) is 14.5 Å². The van der Waals surface area contributed by atoms with Crippen molar-refractivity contribution in [1.82, 2.24) is 10.2 Å². The van der Waals surface area contributed by atoms with Crippen molar-refractivity contribution in [2.75, 3.05) is 19.8 Å². The molecule has 0 radical (unpaired) electrons. The minimum Gasteiger partial charge on any atom is -0.445 e. The van der Waals surface area contributed by atoms with Crippen molar-refractivity contribution in [2.24, 2.45) is 17.3 Å². The fraction of sp³-hybridized carbons (Fsp3) is 0.773. The standard InChI is InChI=1S/C22H38N2O5Si/c1-7-12-28-21(27)24-11-9-8-10-17(24)18(25)13-16-19(20(26)23-16)15(22(2,3)4)14-29-30(5)6/h7,15-17,19,30H,1,8-14H2,2-6H3,(H,23,26)/t15-,16-,17?,19+/m1/s1. The molecule has 2 aliphatic heterocycles. The largest absolute Gasteiger partial charge is 0.445 e. The van der Waals surface area contributed by atoms with Crippen molar-refractivity contribution in [3.8, 4) is 0 Å². The minimum absolute atomic E-state index is 0.00681. The molecule has 30 heavy (non-hydrogen) atoms. The first-order chi connectivity index (χ1) is 14.1. The first kappa shape index (κ1) is 24.6. The van der Waals surface area contributed by atoms with E-state index in [1.165, 1.54) is 6.08 Å². The van der Waals surface area contributed by atoms with Gasteiger partial charge in [0.2, 0.25) is 5.91 Å². The third-order valence-corrected chi connectivity index (χ3v) is 6.93. The van der Waals surface area contributed by atoms with Crippen LogP contribution in [-0.2, 0) is 18.8 Å². The first-order valence-electron chi connectivity index (χ1n) is 11.0. The van der Waals surface area contributed by atoms with Crippen molar-refractivity contribution in [1.29, 1.82) is 0 Å². The molecular formula is C22H38N2O5Si. The molecular weight excluding hydrogens is 400 g/mol. The molecule has 2 fully saturated rings. The van der Waals surface area contributed by atoms with E-state index in [0.717, 1.165) is 12.8 Å². The van der Waals surface area contributed by atoms with E-state index in [1.54, 1.807) is 4.90 Å². The third-order valence-electron chi connectivity index (χ3n) is 6.07. The molecule has 170 valence electrons. The molecule has 1 N–H and O–H groups in total. The van der Waals surface area contributed by atoms with Crippen molar-refractivity contribution in [3.05, 3.63) is 12.7 Å². The van der Waals surface area contributed by atoms with Crippen molar-refractivity contribution >= 4 is 26.8 Å². The predicted octanol–water partition coefficient (Wildman–Crippen LogP) is 2.90. The van der Waals surface area contributed by atoms with Gasteiger partial charge in [0.05, 0.1) is 12.0 Å². The van der Waals surface area contributed by atoms with Gasteiger partial charge in [0.15, 0.2) is 14.8 Å². The first-order valence-corrected chi connectivity index (χ1v) is 13.8. The number of piperidine rings is 1. The number of ether oxygens (including phenoxy) is 1. The summed E-state index contributed by atoms with van der Waals surface area (Å²) in [7, 11) is -1.21. The number of rotatable bonds is 9. The summed E-state index contributed by atoms with van der Waals surface area (Å²) in [6, 6.07) is -0.693. The molecule has 0 saturated carbocycles. The van der Waals surface area contributed by atoms with Crippen LogP contribution in [0.1, 0.15) is 46.5 Å². The monoisotopic (exact) mass is 438 g/mol. The van der Waals surface area contributed by atoms with Gasteiger partial charge >= 0.3 is 6.09 Å². The Hall–Kier alpha value is -1.67. The zero-order valence-electron chi connectivity index (χ0n) is 19.1. The van der Waals surface area contributed by atoms with E-state index in [-0.39, 0.29) is 48.0 Å². The number of hydrogen-bond acceptors (Lipinski definition) is 5. The topological polar surface area (TPSA) is 84.9 Å². The second kappa shape index (κ2) is 10.6. The van der Waals surface area contributed by atoms with Gasteiger partial charge in [-0.1, -0.05) is 33.4 Å². The summed E-state index contributed by atoms with van der Waals surface area (Å²) in [6.45, 7) is 15.3. The average Bonchev–Trinajstić information content (AvgIpc) is 2.67. The maximum absolute atomic E-state index is 13.1. The number of likely N-dealkylation sites (tertiary alicyclic amines) is 1. The second-order valence-electron chi connectivity index (χ2n) is 9.74. The quantitative estimate of drug-likeness (QED) is 0.340. The van der Waals surface area contributed by atoms with E-state index in [4.69, 9.17) is 9.16 Å². The van der Waals surface area contributed by atoms with Crippen molar-refractivity contribution in [3.63, 3.8) is 0 Å². The number of carbonyl (C=O) groups is 3. The molecule has 2 aliphatic rings. The smallest absolute Gasteiger partial charge is 0.410 e. The highest BCUT2D eigenvalue weighted by Crippen LogP contribution is 2.39. The summed E-state index contributed by atoms with van der Waals surface area (Å²) in [6.07, 6.45) is 3.68. The Balaban J connectivity index is 2.07. The van der Waals surface area contributed by atoms with Crippen molar-refractivity contribution in [2.45, 2.75) is 71.6 Å². The molecule has 0 spiro atoms. The van der Waals surface area contributed by atoms with Crippen LogP contribution in [0.3, 0.4) is 0 Å². The average molecular weight is 439 g/mol. The second-order valence-corrected chi connectivity index (χ2v) is 12.2. The van der Waals surface area contributed by atoms with Gasteiger partial charge in [0, 0.05) is 25.6 Å². The zero-order valence-corrected chi connectivity index (χ0v) is 20.3. The third kappa shape index (κ3) is 6.17. The Labute approximate surface area is 182 Å². The summed E-state index contributed by atoms with van der Waals surface area (Å²) >= 11 is 0. The molecule has 7 nitrogen and oxygen atoms in total. The van der Waals surface area contributed by atoms with Crippen LogP contribution < -0.4 is 5.32 Å². The summed E-state index contributed by atoms with van der Waals surface area (Å²) < 4.78 is 11.2. The fourth-order valence-corrected chi connectivity index (χ4v) is 4.93. The number of carbonyl (C=O) groups excluding carboxylic acids is 3. The van der Waals surface area contributed by atoms with E-state index in [9.17, 15) is 14.4 Å². The lowest BCUT2D eigenvalue weighted by molar-refractivity contribution is -0.144. The molecule has 2 saturated heterocycles. The van der Waals surface area contributed by atoms with Gasteiger partial charge in [-0.25, -0.2) is 4.79 Å². The molecule has 2 amide bonds. The van der Waals surface area contributed by atoms with Crippen LogP contribution in [0.2, 0.25) is 13.1 Å². The summed E-state index contributed by atoms with van der Waals surface area (Å²) in [5.41, 5.74) is -0.113. The molecule has 2 heterocycles. The van der Waals surface area contributed by atoms with Gasteiger partial charge in [0.25, 0.3) is 0 Å². The van der Waals surface area contributed by atoms with Crippen LogP contribution in [0.4, 0.5) is 4.79 Å². The maximum atomic E-state index is 13.1. The van der Waals surface area contributed by atoms with E-state index in [0.29, 0.717) is 19.6 Å². The van der Waals surface area contributed by atoms with E-state index < -0.39 is 21.2 Å². The van der Waals surface area contributed by atoms with Crippen LogP contribution in [0.25, 0.3) is 0 Å². The van der Waals surface area contributed by atoms with Crippen LogP contribution in [0.15, 0.2) is 12.7 Å². The molecule has 4 atom stereocenters. The van der Waals surface area contributed by atoms with Gasteiger partial charge in [-0.05, 0) is 43.7 Å². The summed E-state index contributed by atoms with van der Waals surface area (Å²) in [5, 5.41) is 2.93. The predicted molar refractivity (Wildman–Crippen MR) is 119 cm³/mol. The SMILES string of the molecule is C=CCOC(=O)N1CCCCC1C(=O)C[C@H]1NC(=O)[C@H]1[C@@H](CO[SiH](C)C)C(C)(C)C. The van der Waals surface area contributed by atoms with Gasteiger partial charge < -0.3 is 14.5 Å². The number of β-lactam (4-membered cyclic amide) rings is 1. The normalized spacial score (nSPS) is 25.3. The highest BCUT2D eigenvalue weighted by atomic mass is 28.3. The highest BCUT2D eigenvalue weighted by molar-refractivity contribution is 6.48. The molecule has 0 aromatic rings. The molecule has 0 aliphatic carbocycles. The lowest BCUT2D eigenvalue weighted by atomic mass is 9.66. The number of ketones is 1. The summed E-state index contributed by atoms with van der Waals surface area (Å²) in [5.74, 6) is -0.217. The Morgan fingerprint density at radius 1 is 1.33 bits per heavy atom. The fourth-order valence-electron chi connectivity index (χ4n) is 4.34. The Morgan fingerprint density at radius 3 is 2.60 bits per heavy atom. The molecule has 2 rings (SSSR count). The Morgan fingerprint density at radius 2 is 2.03 bits per heavy atom. The lowest BCUT2D eigenvalue weighted by Gasteiger charge is -2.47. The van der Waals surface area contributed by atoms with E-state index in [1.807, 2.05) is 0 Å². The van der Waals surface area contributed by atoms with Crippen LogP contribution in [-0.4, -0.2) is 63.6 Å². The number of amides is 2. The number of Topliss-reactive ketones (excluding diaryl/α,β-unsaturated/α-hetero) is 1. The van der Waals surface area contributed by atoms with Crippen LogP contribution in [0.5, 0.6) is 0 Å². The lowest BCUT2D eigenvalue weighted by Crippen LogP contribution is -2.64.